The van der Waals surface area contributed by atoms with E-state index in [0.717, 1.165) is 18.0 Å². The van der Waals surface area contributed by atoms with Crippen LogP contribution in [0.5, 0.6) is 0 Å². The highest BCUT2D eigenvalue weighted by Gasteiger charge is 2.05. The molecule has 0 aromatic heterocycles. The Morgan fingerprint density at radius 2 is 1.90 bits per heavy atom. The van der Waals surface area contributed by atoms with Gasteiger partial charge < -0.3 is 10.6 Å². The van der Waals surface area contributed by atoms with Gasteiger partial charge in [0, 0.05) is 11.6 Å². The van der Waals surface area contributed by atoms with E-state index >= 15 is 0 Å². The fraction of sp³-hybridized carbons (Fsp3) is 0.235. The minimum absolute atomic E-state index is 0.192. The molecule has 2 nitrogen and oxygen atoms in total. The maximum absolute atomic E-state index is 5.96. The molecule has 0 aliphatic carbocycles. The van der Waals surface area contributed by atoms with E-state index in [1.807, 2.05) is 36.4 Å². The first-order valence-electron chi connectivity index (χ1n) is 6.99. The highest BCUT2D eigenvalue weighted by molar-refractivity contribution is 7.80. The molecule has 110 valence electrons. The summed E-state index contributed by atoms with van der Waals surface area (Å²) in [6.07, 6.45) is 0.891. The van der Waals surface area contributed by atoms with Crippen LogP contribution in [0.3, 0.4) is 0 Å². The Bertz CT molecular complexity index is 586. The Morgan fingerprint density at radius 1 is 1.14 bits per heavy atom. The van der Waals surface area contributed by atoms with Gasteiger partial charge in [0.2, 0.25) is 0 Å². The van der Waals surface area contributed by atoms with Crippen molar-refractivity contribution in [2.24, 2.45) is 0 Å². The summed E-state index contributed by atoms with van der Waals surface area (Å²) in [5.41, 5.74) is 2.42. The quantitative estimate of drug-likeness (QED) is 0.811. The van der Waals surface area contributed by atoms with E-state index in [2.05, 4.69) is 35.8 Å². The lowest BCUT2D eigenvalue weighted by Crippen LogP contribution is -2.37. The van der Waals surface area contributed by atoms with Crippen LogP contribution in [0.1, 0.15) is 24.1 Å². The average molecular weight is 319 g/mol. The van der Waals surface area contributed by atoms with Gasteiger partial charge >= 0.3 is 0 Å². The normalized spacial score (nSPS) is 11.7. The molecule has 0 bridgehead atoms. The van der Waals surface area contributed by atoms with Crippen molar-refractivity contribution in [1.29, 1.82) is 0 Å². The minimum atomic E-state index is 0.192. The summed E-state index contributed by atoms with van der Waals surface area (Å²) in [7, 11) is 0. The first-order valence-corrected chi connectivity index (χ1v) is 7.77. The number of halogens is 1. The number of rotatable bonds is 5. The highest BCUT2D eigenvalue weighted by Crippen LogP contribution is 2.11. The minimum Gasteiger partial charge on any atom is -0.362 e. The standard InChI is InChI=1S/C17H19ClN2S/c1-13(15-7-3-2-4-8-15)20-17(21)19-11-10-14-6-5-9-16(18)12-14/h2-9,12-13H,10-11H2,1H3,(H2,19,20,21). The monoisotopic (exact) mass is 318 g/mol. The van der Waals surface area contributed by atoms with Crippen molar-refractivity contribution < 1.29 is 0 Å². The van der Waals surface area contributed by atoms with Gasteiger partial charge in [0.15, 0.2) is 5.11 Å². The first kappa shape index (κ1) is 15.8. The van der Waals surface area contributed by atoms with E-state index in [9.17, 15) is 0 Å². The maximum Gasteiger partial charge on any atom is 0.166 e. The van der Waals surface area contributed by atoms with E-state index in [-0.39, 0.29) is 6.04 Å². The zero-order chi connectivity index (χ0) is 15.1. The van der Waals surface area contributed by atoms with Crippen LogP contribution >= 0.6 is 23.8 Å². The number of thiocarbonyl (C=S) groups is 1. The topological polar surface area (TPSA) is 24.1 Å². The van der Waals surface area contributed by atoms with Crippen molar-refractivity contribution in [2.75, 3.05) is 6.54 Å². The lowest BCUT2D eigenvalue weighted by molar-refractivity contribution is 0.696. The third-order valence-corrected chi connectivity index (χ3v) is 3.73. The smallest absolute Gasteiger partial charge is 0.166 e. The van der Waals surface area contributed by atoms with Crippen molar-refractivity contribution in [1.82, 2.24) is 10.6 Å². The molecule has 0 amide bonds. The molecule has 1 atom stereocenters. The lowest BCUT2D eigenvalue weighted by atomic mass is 10.1. The second kappa shape index (κ2) is 8.01. The summed E-state index contributed by atoms with van der Waals surface area (Å²) in [4.78, 5) is 0. The van der Waals surface area contributed by atoms with E-state index in [1.165, 1.54) is 11.1 Å². The second-order valence-corrected chi connectivity index (χ2v) is 5.76. The molecule has 0 heterocycles. The summed E-state index contributed by atoms with van der Waals surface area (Å²) in [5.74, 6) is 0. The SMILES string of the molecule is CC(NC(=S)NCCc1cccc(Cl)c1)c1ccccc1. The molecule has 1 unspecified atom stereocenters. The Labute approximate surface area is 136 Å². The van der Waals surface area contributed by atoms with Gasteiger partial charge in [-0.05, 0) is 48.8 Å². The van der Waals surface area contributed by atoms with Crippen LogP contribution in [-0.2, 0) is 6.42 Å². The summed E-state index contributed by atoms with van der Waals surface area (Å²) in [6, 6.07) is 18.3. The van der Waals surface area contributed by atoms with Gasteiger partial charge in [0.05, 0.1) is 6.04 Å². The molecule has 0 spiro atoms. The second-order valence-electron chi connectivity index (χ2n) is 4.91. The predicted octanol–water partition coefficient (Wildman–Crippen LogP) is 4.11. The molecule has 4 heteroatoms. The van der Waals surface area contributed by atoms with E-state index in [0.29, 0.717) is 5.11 Å². The maximum atomic E-state index is 5.96. The van der Waals surface area contributed by atoms with Crippen LogP contribution in [0.25, 0.3) is 0 Å². The van der Waals surface area contributed by atoms with Crippen LogP contribution in [-0.4, -0.2) is 11.7 Å². The fourth-order valence-corrected chi connectivity index (χ4v) is 2.58. The van der Waals surface area contributed by atoms with Gasteiger partial charge in [0.25, 0.3) is 0 Å². The molecule has 2 aromatic rings. The van der Waals surface area contributed by atoms with Gasteiger partial charge in [-0.1, -0.05) is 54.1 Å². The number of hydrogen-bond donors (Lipinski definition) is 2. The molecule has 2 N–H and O–H groups in total. The fourth-order valence-electron chi connectivity index (χ4n) is 2.09. The van der Waals surface area contributed by atoms with Crippen LogP contribution in [0.2, 0.25) is 5.02 Å². The van der Waals surface area contributed by atoms with Gasteiger partial charge in [-0.25, -0.2) is 0 Å². The Balaban J connectivity index is 1.75. The summed E-state index contributed by atoms with van der Waals surface area (Å²) < 4.78 is 0. The summed E-state index contributed by atoms with van der Waals surface area (Å²) in [5, 5.41) is 7.96. The zero-order valence-corrected chi connectivity index (χ0v) is 13.5. The molecule has 0 aliphatic heterocycles. The largest absolute Gasteiger partial charge is 0.362 e. The van der Waals surface area contributed by atoms with Gasteiger partial charge in [-0.2, -0.15) is 0 Å². The Morgan fingerprint density at radius 3 is 2.62 bits per heavy atom. The number of benzene rings is 2. The van der Waals surface area contributed by atoms with Gasteiger partial charge in [-0.15, -0.1) is 0 Å². The molecular formula is C17H19ClN2S. The zero-order valence-electron chi connectivity index (χ0n) is 12.0. The van der Waals surface area contributed by atoms with Crippen molar-refractivity contribution in [3.05, 3.63) is 70.7 Å². The summed E-state index contributed by atoms with van der Waals surface area (Å²) in [6.45, 7) is 2.88. The summed E-state index contributed by atoms with van der Waals surface area (Å²) >= 11 is 11.3. The Kier molecular flexibility index (Phi) is 6.03. The highest BCUT2D eigenvalue weighted by atomic mass is 35.5. The molecule has 21 heavy (non-hydrogen) atoms. The predicted molar refractivity (Wildman–Crippen MR) is 93.7 cm³/mol. The van der Waals surface area contributed by atoms with Crippen LogP contribution in [0, 0.1) is 0 Å². The van der Waals surface area contributed by atoms with Crippen LogP contribution < -0.4 is 10.6 Å². The molecular weight excluding hydrogens is 300 g/mol. The van der Waals surface area contributed by atoms with E-state index in [1.54, 1.807) is 0 Å². The third-order valence-electron chi connectivity index (χ3n) is 3.24. The van der Waals surface area contributed by atoms with Crippen molar-refractivity contribution in [2.45, 2.75) is 19.4 Å². The van der Waals surface area contributed by atoms with E-state index in [4.69, 9.17) is 23.8 Å². The third kappa shape index (κ3) is 5.37. The van der Waals surface area contributed by atoms with Crippen LogP contribution in [0.4, 0.5) is 0 Å². The van der Waals surface area contributed by atoms with Crippen molar-refractivity contribution in [3.63, 3.8) is 0 Å². The lowest BCUT2D eigenvalue weighted by Gasteiger charge is -2.17. The Hall–Kier alpha value is -1.58. The molecule has 2 rings (SSSR count). The molecule has 0 saturated carbocycles. The molecule has 0 saturated heterocycles. The van der Waals surface area contributed by atoms with E-state index < -0.39 is 0 Å². The van der Waals surface area contributed by atoms with Crippen molar-refractivity contribution in [3.8, 4) is 0 Å². The van der Waals surface area contributed by atoms with Gasteiger partial charge in [0.1, 0.15) is 0 Å². The van der Waals surface area contributed by atoms with Crippen LogP contribution in [0.15, 0.2) is 54.6 Å². The molecule has 0 aliphatic rings. The molecule has 0 radical (unpaired) electrons. The average Bonchev–Trinajstić information content (AvgIpc) is 2.48. The number of nitrogens with one attached hydrogen (secondary N) is 2. The number of hydrogen-bond acceptors (Lipinski definition) is 1. The first-order chi connectivity index (χ1) is 10.1. The van der Waals surface area contributed by atoms with Gasteiger partial charge in [-0.3, -0.25) is 0 Å². The molecule has 2 aromatic carbocycles. The molecule has 0 fully saturated rings. The van der Waals surface area contributed by atoms with Crippen molar-refractivity contribution >= 4 is 28.9 Å².